The first-order valence-electron chi connectivity index (χ1n) is 7.31. The van der Waals surface area contributed by atoms with Crippen LogP contribution in [-0.4, -0.2) is 50.2 Å². The van der Waals surface area contributed by atoms with Crippen LogP contribution >= 0.6 is 0 Å². The van der Waals surface area contributed by atoms with E-state index in [1.54, 1.807) is 0 Å². The summed E-state index contributed by atoms with van der Waals surface area (Å²) in [5.41, 5.74) is 0. The van der Waals surface area contributed by atoms with Gasteiger partial charge in [-0.25, -0.2) is 0 Å². The number of rotatable bonds is 5. The van der Waals surface area contributed by atoms with Crippen LogP contribution in [0.15, 0.2) is 0 Å². The first-order chi connectivity index (χ1) is 8.16. The van der Waals surface area contributed by atoms with Gasteiger partial charge in [-0.05, 0) is 59.2 Å². The molecular formula is C14H29N3. The zero-order valence-electron chi connectivity index (χ0n) is 11.7. The Bertz CT molecular complexity index is 224. The van der Waals surface area contributed by atoms with E-state index in [-0.39, 0.29) is 0 Å². The Morgan fingerprint density at radius 1 is 1.24 bits per heavy atom. The lowest BCUT2D eigenvalue weighted by Crippen LogP contribution is -2.47. The fourth-order valence-electron chi connectivity index (χ4n) is 3.72. The molecular weight excluding hydrogens is 210 g/mol. The standard InChI is InChI=1S/C14H29N3/c1-11(10-17(2)3)16-14-7-4-6-12(14)13-8-5-9-15-13/h11-16H,4-10H2,1-3H3. The molecule has 1 aliphatic carbocycles. The first kappa shape index (κ1) is 13.3. The van der Waals surface area contributed by atoms with E-state index >= 15 is 0 Å². The van der Waals surface area contributed by atoms with E-state index in [1.165, 1.54) is 38.6 Å². The Kier molecular flexibility index (Phi) is 4.83. The molecule has 1 heterocycles. The first-order valence-corrected chi connectivity index (χ1v) is 7.31. The Balaban J connectivity index is 1.82. The fraction of sp³-hybridized carbons (Fsp3) is 1.00. The molecule has 0 radical (unpaired) electrons. The molecule has 0 aromatic carbocycles. The lowest BCUT2D eigenvalue weighted by molar-refractivity contribution is 0.273. The lowest BCUT2D eigenvalue weighted by Gasteiger charge is -2.30. The van der Waals surface area contributed by atoms with E-state index in [4.69, 9.17) is 0 Å². The van der Waals surface area contributed by atoms with Crippen molar-refractivity contribution < 1.29 is 0 Å². The van der Waals surface area contributed by atoms with Crippen LogP contribution in [-0.2, 0) is 0 Å². The van der Waals surface area contributed by atoms with Gasteiger partial charge in [0.25, 0.3) is 0 Å². The smallest absolute Gasteiger partial charge is 0.0169 e. The van der Waals surface area contributed by atoms with Gasteiger partial charge >= 0.3 is 0 Å². The largest absolute Gasteiger partial charge is 0.314 e. The van der Waals surface area contributed by atoms with Gasteiger partial charge < -0.3 is 15.5 Å². The molecule has 0 bridgehead atoms. The van der Waals surface area contributed by atoms with Crippen LogP contribution in [0, 0.1) is 5.92 Å². The zero-order chi connectivity index (χ0) is 12.3. The van der Waals surface area contributed by atoms with Crippen molar-refractivity contribution in [1.29, 1.82) is 0 Å². The van der Waals surface area contributed by atoms with E-state index in [0.29, 0.717) is 6.04 Å². The third-order valence-electron chi connectivity index (χ3n) is 4.32. The minimum absolute atomic E-state index is 0.608. The molecule has 2 N–H and O–H groups in total. The van der Waals surface area contributed by atoms with Crippen molar-refractivity contribution in [3.63, 3.8) is 0 Å². The molecule has 17 heavy (non-hydrogen) atoms. The normalized spacial score (nSPS) is 35.6. The molecule has 4 atom stereocenters. The van der Waals surface area contributed by atoms with Crippen LogP contribution in [0.2, 0.25) is 0 Å². The van der Waals surface area contributed by atoms with E-state index in [9.17, 15) is 0 Å². The number of hydrogen-bond acceptors (Lipinski definition) is 3. The Morgan fingerprint density at radius 2 is 2.06 bits per heavy atom. The summed E-state index contributed by atoms with van der Waals surface area (Å²) in [6.07, 6.45) is 6.98. The van der Waals surface area contributed by atoms with E-state index in [0.717, 1.165) is 24.5 Å². The minimum atomic E-state index is 0.608. The molecule has 100 valence electrons. The summed E-state index contributed by atoms with van der Waals surface area (Å²) in [6, 6.07) is 2.15. The number of nitrogens with zero attached hydrogens (tertiary/aromatic N) is 1. The van der Waals surface area contributed by atoms with Gasteiger partial charge in [0.15, 0.2) is 0 Å². The van der Waals surface area contributed by atoms with Gasteiger partial charge in [-0.2, -0.15) is 0 Å². The summed E-state index contributed by atoms with van der Waals surface area (Å²) < 4.78 is 0. The monoisotopic (exact) mass is 239 g/mol. The quantitative estimate of drug-likeness (QED) is 0.760. The highest BCUT2D eigenvalue weighted by molar-refractivity contribution is 4.94. The number of nitrogens with one attached hydrogen (secondary N) is 2. The molecule has 1 saturated carbocycles. The van der Waals surface area contributed by atoms with Crippen molar-refractivity contribution >= 4 is 0 Å². The molecule has 0 aromatic rings. The zero-order valence-corrected chi connectivity index (χ0v) is 11.7. The van der Waals surface area contributed by atoms with E-state index < -0.39 is 0 Å². The van der Waals surface area contributed by atoms with Crippen molar-refractivity contribution in [3.8, 4) is 0 Å². The molecule has 0 aromatic heterocycles. The van der Waals surface area contributed by atoms with Gasteiger partial charge in [0.1, 0.15) is 0 Å². The topological polar surface area (TPSA) is 27.3 Å². The minimum Gasteiger partial charge on any atom is -0.314 e. The highest BCUT2D eigenvalue weighted by Crippen LogP contribution is 2.32. The number of likely N-dealkylation sites (N-methyl/N-ethyl adjacent to an activating group) is 1. The van der Waals surface area contributed by atoms with Gasteiger partial charge in [-0.1, -0.05) is 6.42 Å². The van der Waals surface area contributed by atoms with E-state index in [2.05, 4.69) is 36.6 Å². The maximum atomic E-state index is 3.86. The van der Waals surface area contributed by atoms with Crippen LogP contribution in [0.4, 0.5) is 0 Å². The predicted molar refractivity (Wildman–Crippen MR) is 73.3 cm³/mol. The van der Waals surface area contributed by atoms with E-state index in [1.807, 2.05) is 0 Å². The Hall–Kier alpha value is -0.120. The SMILES string of the molecule is CC(CN(C)C)NC1CCCC1C1CCCN1. The molecule has 4 unspecified atom stereocenters. The van der Waals surface area contributed by atoms with Crippen LogP contribution in [0.5, 0.6) is 0 Å². The van der Waals surface area contributed by atoms with Gasteiger partial charge in [0.05, 0.1) is 0 Å². The van der Waals surface area contributed by atoms with Crippen molar-refractivity contribution in [3.05, 3.63) is 0 Å². The third kappa shape index (κ3) is 3.67. The van der Waals surface area contributed by atoms with Crippen molar-refractivity contribution in [1.82, 2.24) is 15.5 Å². The van der Waals surface area contributed by atoms with Gasteiger partial charge in [-0.15, -0.1) is 0 Å². The molecule has 1 saturated heterocycles. The summed E-state index contributed by atoms with van der Waals surface area (Å²) in [5.74, 6) is 0.877. The van der Waals surface area contributed by atoms with Crippen LogP contribution in [0.1, 0.15) is 39.0 Å². The number of hydrogen-bond donors (Lipinski definition) is 2. The maximum absolute atomic E-state index is 3.86. The molecule has 2 fully saturated rings. The summed E-state index contributed by atoms with van der Waals surface area (Å²) >= 11 is 0. The molecule has 0 spiro atoms. The fourth-order valence-corrected chi connectivity index (χ4v) is 3.72. The summed E-state index contributed by atoms with van der Waals surface area (Å²) in [7, 11) is 4.31. The van der Waals surface area contributed by atoms with Crippen molar-refractivity contribution in [2.75, 3.05) is 27.2 Å². The highest BCUT2D eigenvalue weighted by Gasteiger charge is 2.35. The van der Waals surface area contributed by atoms with Crippen LogP contribution in [0.3, 0.4) is 0 Å². The second-order valence-electron chi connectivity index (χ2n) is 6.23. The molecule has 2 rings (SSSR count). The van der Waals surface area contributed by atoms with Crippen LogP contribution in [0.25, 0.3) is 0 Å². The van der Waals surface area contributed by atoms with Crippen LogP contribution < -0.4 is 10.6 Å². The Labute approximate surface area is 106 Å². The van der Waals surface area contributed by atoms with Gasteiger partial charge in [-0.3, -0.25) is 0 Å². The molecule has 1 aliphatic heterocycles. The summed E-state index contributed by atoms with van der Waals surface area (Å²) in [5, 5.41) is 7.55. The lowest BCUT2D eigenvalue weighted by atomic mass is 9.92. The van der Waals surface area contributed by atoms with Gasteiger partial charge in [0, 0.05) is 24.7 Å². The third-order valence-corrected chi connectivity index (χ3v) is 4.32. The molecule has 3 heteroatoms. The highest BCUT2D eigenvalue weighted by atomic mass is 15.1. The summed E-state index contributed by atoms with van der Waals surface area (Å²) in [4.78, 5) is 2.27. The average molecular weight is 239 g/mol. The second kappa shape index (κ2) is 6.17. The van der Waals surface area contributed by atoms with Crippen molar-refractivity contribution in [2.24, 2.45) is 5.92 Å². The maximum Gasteiger partial charge on any atom is 0.0169 e. The predicted octanol–water partition coefficient (Wildman–Crippen LogP) is 1.45. The Morgan fingerprint density at radius 3 is 2.71 bits per heavy atom. The molecule has 2 aliphatic rings. The average Bonchev–Trinajstić information content (AvgIpc) is 2.84. The second-order valence-corrected chi connectivity index (χ2v) is 6.23. The van der Waals surface area contributed by atoms with Gasteiger partial charge in [0.2, 0.25) is 0 Å². The molecule has 0 amide bonds. The van der Waals surface area contributed by atoms with Crippen molar-refractivity contribution in [2.45, 2.75) is 57.2 Å². The summed E-state index contributed by atoms with van der Waals surface area (Å²) in [6.45, 7) is 4.69. The molecule has 3 nitrogen and oxygen atoms in total.